The fraction of sp³-hybridized carbons (Fsp3) is 0.0556. The molecule has 4 rings (SSSR count). The largest absolute Gasteiger partial charge is 0.417 e. The normalized spacial score (nSPS) is 11.9. The van der Waals surface area contributed by atoms with Crippen molar-refractivity contribution in [2.75, 3.05) is 5.73 Å². The van der Waals surface area contributed by atoms with Crippen LogP contribution in [-0.4, -0.2) is 15.0 Å². The SMILES string of the molecule is Nc1ncncc1-c1ccnc2c(-c3ccc(F)cc3C(F)(F)F)csc12. The molecule has 3 aromatic heterocycles. The molecule has 136 valence electrons. The molecule has 0 saturated heterocycles. The number of alkyl halides is 3. The number of benzene rings is 1. The Morgan fingerprint density at radius 2 is 1.78 bits per heavy atom. The number of nitrogen functional groups attached to an aromatic ring is 1. The molecule has 4 nitrogen and oxygen atoms in total. The van der Waals surface area contributed by atoms with Crippen molar-refractivity contribution in [1.82, 2.24) is 15.0 Å². The number of halogens is 4. The maximum absolute atomic E-state index is 13.4. The lowest BCUT2D eigenvalue weighted by atomic mass is 9.99. The van der Waals surface area contributed by atoms with Crippen molar-refractivity contribution in [2.24, 2.45) is 0 Å². The molecule has 27 heavy (non-hydrogen) atoms. The lowest BCUT2D eigenvalue weighted by Gasteiger charge is -2.12. The molecule has 0 radical (unpaired) electrons. The summed E-state index contributed by atoms with van der Waals surface area (Å²) in [4.78, 5) is 12.1. The van der Waals surface area contributed by atoms with Crippen molar-refractivity contribution >= 4 is 27.4 Å². The molecule has 0 saturated carbocycles. The van der Waals surface area contributed by atoms with Crippen LogP contribution in [0.5, 0.6) is 0 Å². The number of nitrogens with zero attached hydrogens (tertiary/aromatic N) is 3. The zero-order valence-corrected chi connectivity index (χ0v) is 14.3. The number of rotatable bonds is 2. The standard InChI is InChI=1S/C18H10F4N4S/c19-9-1-2-10(14(5-9)18(20,21)22)13-7-27-16-11(3-4-25-15(13)16)12-6-24-8-26-17(12)23/h1-8H,(H2,23,24,26). The Labute approximate surface area is 154 Å². The first kappa shape index (κ1) is 17.3. The van der Waals surface area contributed by atoms with Gasteiger partial charge in [-0.1, -0.05) is 6.07 Å². The van der Waals surface area contributed by atoms with Crippen molar-refractivity contribution in [3.05, 3.63) is 59.7 Å². The third-order valence-electron chi connectivity index (χ3n) is 4.06. The van der Waals surface area contributed by atoms with E-state index in [2.05, 4.69) is 15.0 Å². The molecule has 0 aliphatic heterocycles. The molecular formula is C18H10F4N4S. The average molecular weight is 390 g/mol. The third-order valence-corrected chi connectivity index (χ3v) is 5.07. The summed E-state index contributed by atoms with van der Waals surface area (Å²) >= 11 is 1.23. The van der Waals surface area contributed by atoms with E-state index in [1.165, 1.54) is 30.1 Å². The van der Waals surface area contributed by atoms with Gasteiger partial charge in [0.1, 0.15) is 18.0 Å². The van der Waals surface area contributed by atoms with Gasteiger partial charge in [0.05, 0.1) is 15.8 Å². The number of aromatic nitrogens is 3. The molecule has 4 aromatic rings. The van der Waals surface area contributed by atoms with E-state index in [0.717, 1.165) is 12.1 Å². The first-order valence-electron chi connectivity index (χ1n) is 7.65. The monoisotopic (exact) mass is 390 g/mol. The fourth-order valence-electron chi connectivity index (χ4n) is 2.87. The van der Waals surface area contributed by atoms with Crippen LogP contribution in [0.15, 0.2) is 48.4 Å². The molecular weight excluding hydrogens is 380 g/mol. The van der Waals surface area contributed by atoms with Crippen LogP contribution >= 0.6 is 11.3 Å². The van der Waals surface area contributed by atoms with E-state index in [1.807, 2.05) is 0 Å². The highest BCUT2D eigenvalue weighted by atomic mass is 32.1. The summed E-state index contributed by atoms with van der Waals surface area (Å²) in [7, 11) is 0. The van der Waals surface area contributed by atoms with E-state index in [4.69, 9.17) is 5.73 Å². The Hall–Kier alpha value is -3.07. The van der Waals surface area contributed by atoms with Gasteiger partial charge in [-0.05, 0) is 23.8 Å². The van der Waals surface area contributed by atoms with Crippen LogP contribution in [0, 0.1) is 5.82 Å². The van der Waals surface area contributed by atoms with Gasteiger partial charge in [-0.15, -0.1) is 11.3 Å². The highest BCUT2D eigenvalue weighted by Gasteiger charge is 2.35. The van der Waals surface area contributed by atoms with E-state index in [-0.39, 0.29) is 16.9 Å². The van der Waals surface area contributed by atoms with Gasteiger partial charge >= 0.3 is 6.18 Å². The van der Waals surface area contributed by atoms with E-state index in [1.54, 1.807) is 11.4 Å². The minimum Gasteiger partial charge on any atom is -0.383 e. The van der Waals surface area contributed by atoms with E-state index >= 15 is 0 Å². The van der Waals surface area contributed by atoms with Gasteiger partial charge in [0, 0.05) is 34.5 Å². The number of hydrogen-bond acceptors (Lipinski definition) is 5. The molecule has 0 bridgehead atoms. The molecule has 2 N–H and O–H groups in total. The maximum atomic E-state index is 13.4. The summed E-state index contributed by atoms with van der Waals surface area (Å²) in [6.07, 6.45) is -0.362. The highest BCUT2D eigenvalue weighted by molar-refractivity contribution is 7.18. The Morgan fingerprint density at radius 1 is 0.963 bits per heavy atom. The van der Waals surface area contributed by atoms with Crippen molar-refractivity contribution in [3.63, 3.8) is 0 Å². The number of pyridine rings is 1. The zero-order valence-electron chi connectivity index (χ0n) is 13.5. The molecule has 3 heterocycles. The number of hydrogen-bond donors (Lipinski definition) is 1. The van der Waals surface area contributed by atoms with Crippen LogP contribution in [0.2, 0.25) is 0 Å². The van der Waals surface area contributed by atoms with E-state index < -0.39 is 17.6 Å². The number of thiophene rings is 1. The summed E-state index contributed by atoms with van der Waals surface area (Å²) in [5.41, 5.74) is 6.61. The summed E-state index contributed by atoms with van der Waals surface area (Å²) in [5, 5.41) is 1.57. The van der Waals surface area contributed by atoms with Gasteiger partial charge in [-0.2, -0.15) is 13.2 Å². The molecule has 1 aromatic carbocycles. The summed E-state index contributed by atoms with van der Waals surface area (Å²) in [6.45, 7) is 0. The first-order chi connectivity index (χ1) is 12.9. The molecule has 0 fully saturated rings. The number of anilines is 1. The third kappa shape index (κ3) is 2.99. The van der Waals surface area contributed by atoms with Crippen LogP contribution < -0.4 is 5.73 Å². The lowest BCUT2D eigenvalue weighted by molar-refractivity contribution is -0.137. The Balaban J connectivity index is 1.97. The summed E-state index contributed by atoms with van der Waals surface area (Å²) in [6, 6.07) is 4.31. The molecule has 0 aliphatic carbocycles. The molecule has 9 heteroatoms. The van der Waals surface area contributed by atoms with Crippen LogP contribution in [0.1, 0.15) is 5.56 Å². The molecule has 0 amide bonds. The lowest BCUT2D eigenvalue weighted by Crippen LogP contribution is -2.07. The quantitative estimate of drug-likeness (QED) is 0.480. The fourth-order valence-corrected chi connectivity index (χ4v) is 3.92. The molecule has 0 atom stereocenters. The molecule has 0 spiro atoms. The van der Waals surface area contributed by atoms with Gasteiger partial charge in [0.2, 0.25) is 0 Å². The second-order valence-electron chi connectivity index (χ2n) is 5.69. The Kier molecular flexibility index (Phi) is 4.03. The van der Waals surface area contributed by atoms with Crippen LogP contribution in [0.3, 0.4) is 0 Å². The van der Waals surface area contributed by atoms with Crippen molar-refractivity contribution < 1.29 is 17.6 Å². The Morgan fingerprint density at radius 3 is 2.52 bits per heavy atom. The van der Waals surface area contributed by atoms with Gasteiger partial charge < -0.3 is 5.73 Å². The van der Waals surface area contributed by atoms with Gasteiger partial charge in [-0.3, -0.25) is 4.98 Å². The van der Waals surface area contributed by atoms with Gasteiger partial charge in [-0.25, -0.2) is 14.4 Å². The first-order valence-corrected chi connectivity index (χ1v) is 8.53. The minimum atomic E-state index is -4.69. The van der Waals surface area contributed by atoms with Crippen molar-refractivity contribution in [2.45, 2.75) is 6.18 Å². The topological polar surface area (TPSA) is 64.7 Å². The molecule has 0 aliphatic rings. The van der Waals surface area contributed by atoms with E-state index in [0.29, 0.717) is 27.4 Å². The van der Waals surface area contributed by atoms with Crippen molar-refractivity contribution in [3.8, 4) is 22.3 Å². The predicted octanol–water partition coefficient (Wildman–Crippen LogP) is 5.16. The van der Waals surface area contributed by atoms with Crippen molar-refractivity contribution in [1.29, 1.82) is 0 Å². The average Bonchev–Trinajstić information content (AvgIpc) is 3.05. The zero-order chi connectivity index (χ0) is 19.2. The number of nitrogens with two attached hydrogens (primary N) is 1. The second kappa shape index (κ2) is 6.27. The van der Waals surface area contributed by atoms with E-state index in [9.17, 15) is 17.6 Å². The summed E-state index contributed by atoms with van der Waals surface area (Å²) in [5.74, 6) is -0.696. The molecule has 0 unspecified atom stereocenters. The minimum absolute atomic E-state index is 0.128. The number of fused-ring (bicyclic) bond motifs is 1. The predicted molar refractivity (Wildman–Crippen MR) is 95.5 cm³/mol. The smallest absolute Gasteiger partial charge is 0.383 e. The van der Waals surface area contributed by atoms with Crippen LogP contribution in [-0.2, 0) is 6.18 Å². The highest BCUT2D eigenvalue weighted by Crippen LogP contribution is 2.43. The van der Waals surface area contributed by atoms with Gasteiger partial charge in [0.25, 0.3) is 0 Å². The van der Waals surface area contributed by atoms with Gasteiger partial charge in [0.15, 0.2) is 0 Å². The summed E-state index contributed by atoms with van der Waals surface area (Å²) < 4.78 is 54.3. The Bertz CT molecular complexity index is 1150. The maximum Gasteiger partial charge on any atom is 0.417 e. The second-order valence-corrected chi connectivity index (χ2v) is 6.57. The van der Waals surface area contributed by atoms with Crippen LogP contribution in [0.25, 0.3) is 32.5 Å². The van der Waals surface area contributed by atoms with Crippen LogP contribution in [0.4, 0.5) is 23.4 Å².